The van der Waals surface area contributed by atoms with Gasteiger partial charge in [-0.3, -0.25) is 14.5 Å². The lowest BCUT2D eigenvalue weighted by Crippen LogP contribution is -2.71. The molecule has 1 fully saturated rings. The molecule has 0 aromatic carbocycles. The second-order valence-corrected chi connectivity index (χ2v) is 7.21. The quantitative estimate of drug-likeness (QED) is 0.140. The summed E-state index contributed by atoms with van der Waals surface area (Å²) in [6.07, 6.45) is 0. The van der Waals surface area contributed by atoms with Crippen molar-refractivity contribution in [1.29, 1.82) is 0 Å². The van der Waals surface area contributed by atoms with Gasteiger partial charge in [0.05, 0.1) is 11.6 Å². The van der Waals surface area contributed by atoms with E-state index in [1.54, 1.807) is 13.8 Å². The number of nitrogens with zero attached hydrogens (tertiary/aromatic N) is 2. The topological polar surface area (TPSA) is 147 Å². The first-order chi connectivity index (χ1) is 13.8. The number of carbonyl (C=O) groups is 3. The number of amides is 2. The van der Waals surface area contributed by atoms with Crippen LogP contribution in [0, 0.1) is 0 Å². The predicted octanol–water partition coefficient (Wildman–Crippen LogP) is 0.251. The number of alkyl halides is 1. The van der Waals surface area contributed by atoms with Crippen molar-refractivity contribution in [3.05, 3.63) is 11.5 Å². The third-order valence-corrected chi connectivity index (χ3v) is 5.74. The molecule has 13 heteroatoms. The van der Waals surface area contributed by atoms with Crippen molar-refractivity contribution in [3.8, 4) is 0 Å². The molecule has 0 saturated carbocycles. The highest BCUT2D eigenvalue weighted by atomic mass is 35.5. The van der Waals surface area contributed by atoms with Crippen LogP contribution < -0.4 is 5.32 Å². The third kappa shape index (κ3) is 4.29. The van der Waals surface area contributed by atoms with Gasteiger partial charge >= 0.3 is 5.97 Å². The molecule has 29 heavy (non-hydrogen) atoms. The van der Waals surface area contributed by atoms with Crippen LogP contribution in [0.1, 0.15) is 13.8 Å². The summed E-state index contributed by atoms with van der Waals surface area (Å²) < 4.78 is 11.1. The molecule has 0 radical (unpaired) electrons. The Morgan fingerprint density at radius 3 is 2.48 bits per heavy atom. The van der Waals surface area contributed by atoms with Gasteiger partial charge in [-0.2, -0.15) is 0 Å². The van der Waals surface area contributed by atoms with Crippen molar-refractivity contribution in [2.45, 2.75) is 31.1 Å². The molecule has 0 bridgehead atoms. The van der Waals surface area contributed by atoms with Crippen molar-refractivity contribution in [1.82, 2.24) is 10.2 Å². The largest absolute Gasteiger partial charge is 0.509 e. The van der Waals surface area contributed by atoms with Gasteiger partial charge in [-0.05, 0) is 13.8 Å². The number of ether oxygens (including phenoxy) is 2. The summed E-state index contributed by atoms with van der Waals surface area (Å²) in [5.41, 5.74) is -0.809. The summed E-state index contributed by atoms with van der Waals surface area (Å²) in [5, 5.41) is 24.5. The van der Waals surface area contributed by atoms with Crippen LogP contribution in [0.5, 0.6) is 0 Å². The number of hydrogen-bond acceptors (Lipinski definition) is 9. The Labute approximate surface area is 176 Å². The van der Waals surface area contributed by atoms with Crippen molar-refractivity contribution >= 4 is 46.9 Å². The van der Waals surface area contributed by atoms with E-state index in [2.05, 4.69) is 10.5 Å². The number of carbonyl (C=O) groups excluding carboxylic acids is 2. The van der Waals surface area contributed by atoms with Crippen LogP contribution in [0.15, 0.2) is 16.6 Å². The molecular weight excluding hydrogens is 430 g/mol. The van der Waals surface area contributed by atoms with Gasteiger partial charge in [0, 0.05) is 13.2 Å². The summed E-state index contributed by atoms with van der Waals surface area (Å²) in [6, 6.07) is -1.03. The average molecular weight is 452 g/mol. The number of aliphatic hydroxyl groups excluding tert-OH is 1. The lowest BCUT2D eigenvalue weighted by molar-refractivity contribution is -0.172. The van der Waals surface area contributed by atoms with Gasteiger partial charge in [0.2, 0.25) is 11.5 Å². The fourth-order valence-electron chi connectivity index (χ4n) is 2.97. The Balaban J connectivity index is 2.25. The van der Waals surface area contributed by atoms with E-state index in [0.29, 0.717) is 0 Å². The number of β-lactam (4-membered cyclic amide) rings is 1. The Kier molecular flexibility index (Phi) is 7.74. The molecule has 11 nitrogen and oxygen atoms in total. The zero-order valence-electron chi connectivity index (χ0n) is 16.0. The number of carboxylic acids is 1. The Morgan fingerprint density at radius 2 is 2.00 bits per heavy atom. The molecule has 0 spiro atoms. The zero-order chi connectivity index (χ0) is 21.8. The summed E-state index contributed by atoms with van der Waals surface area (Å²) >= 11 is 7.12. The number of carboxylic acid groups (broad SMARTS) is 1. The molecule has 3 N–H and O–H groups in total. The summed E-state index contributed by atoms with van der Waals surface area (Å²) in [5.74, 6) is -5.31. The Hall–Kier alpha value is -2.02. The summed E-state index contributed by atoms with van der Waals surface area (Å²) in [6.45, 7) is 3.68. The normalized spacial score (nSPS) is 22.1. The fourth-order valence-corrected chi connectivity index (χ4v) is 4.46. The number of hydrogen-bond donors (Lipinski definition) is 3. The van der Waals surface area contributed by atoms with Crippen molar-refractivity contribution < 1.29 is 38.9 Å². The van der Waals surface area contributed by atoms with E-state index in [1.165, 1.54) is 7.11 Å². The van der Waals surface area contributed by atoms with Gasteiger partial charge in [-0.1, -0.05) is 5.16 Å². The maximum absolute atomic E-state index is 12.9. The molecule has 2 rings (SSSR count). The van der Waals surface area contributed by atoms with Crippen molar-refractivity contribution in [2.75, 3.05) is 32.0 Å². The number of aliphatic carboxylic acids is 1. The van der Waals surface area contributed by atoms with Crippen molar-refractivity contribution in [3.63, 3.8) is 0 Å². The first-order valence-corrected chi connectivity index (χ1v) is 10.2. The van der Waals surface area contributed by atoms with E-state index < -0.39 is 46.4 Å². The maximum atomic E-state index is 12.9. The molecule has 1 saturated heterocycles. The van der Waals surface area contributed by atoms with Crippen LogP contribution in [-0.4, -0.2) is 87.8 Å². The van der Waals surface area contributed by atoms with E-state index >= 15 is 0 Å². The van der Waals surface area contributed by atoms with E-state index in [-0.39, 0.29) is 30.6 Å². The van der Waals surface area contributed by atoms with Crippen LogP contribution >= 0.6 is 23.4 Å². The number of thioether (sulfide) groups is 1. The minimum atomic E-state index is -1.69. The zero-order valence-corrected chi connectivity index (χ0v) is 17.6. The van der Waals surface area contributed by atoms with Gasteiger partial charge < -0.3 is 29.8 Å². The molecule has 0 aromatic rings. The molecule has 2 atom stereocenters. The number of halogens is 1. The number of oxime groups is 1. The number of fused-ring (bicyclic) bond motifs is 1. The molecule has 2 amide bonds. The highest BCUT2D eigenvalue weighted by molar-refractivity contribution is 8.00. The van der Waals surface area contributed by atoms with E-state index in [9.17, 15) is 24.6 Å². The molecule has 2 aliphatic heterocycles. The molecule has 0 aromatic heterocycles. The molecule has 0 aliphatic carbocycles. The smallest absolute Gasteiger partial charge is 0.356 e. The van der Waals surface area contributed by atoms with Crippen molar-refractivity contribution in [2.24, 2.45) is 5.16 Å². The van der Waals surface area contributed by atoms with Gasteiger partial charge in [0.1, 0.15) is 24.3 Å². The van der Waals surface area contributed by atoms with E-state index in [1.807, 2.05) is 0 Å². The molecule has 162 valence electrons. The molecular formula is C16H22ClN3O8S. The minimum Gasteiger partial charge on any atom is -0.509 e. The van der Waals surface area contributed by atoms with E-state index in [0.717, 1.165) is 16.7 Å². The highest BCUT2D eigenvalue weighted by Gasteiger charge is 2.55. The standard InChI is InChI=1S/C16H22ClN3O8S/c1-4-27-16(7-17,28-5-2)11(19-26-3)12(22)18-9-13(23)20-10(15(24)25)8(21)6-29-14(9)20/h9,14,21H,4-7H2,1-3H3,(H,18,22)(H,24,25)/t9?,14-/m1/s1. The lowest BCUT2D eigenvalue weighted by Gasteiger charge is -2.48. The highest BCUT2D eigenvalue weighted by Crippen LogP contribution is 2.39. The minimum absolute atomic E-state index is 0.00895. The maximum Gasteiger partial charge on any atom is 0.356 e. The SMILES string of the molecule is CCOC(CCl)(OCC)C(=NOC)C(=O)NC1C(=O)N2C(C(=O)O)=C(O)CS[C@H]12. The monoisotopic (exact) mass is 451 g/mol. The second-order valence-electron chi connectivity index (χ2n) is 5.84. The fraction of sp³-hybridized carbons (Fsp3) is 0.625. The lowest BCUT2D eigenvalue weighted by atomic mass is 10.0. The van der Waals surface area contributed by atoms with Crippen LogP contribution in [0.25, 0.3) is 0 Å². The van der Waals surface area contributed by atoms with E-state index in [4.69, 9.17) is 25.9 Å². The molecule has 2 heterocycles. The first kappa shape index (κ1) is 23.3. The first-order valence-electron chi connectivity index (χ1n) is 8.64. The second kappa shape index (κ2) is 9.65. The van der Waals surface area contributed by atoms with Gasteiger partial charge in [0.15, 0.2) is 5.70 Å². The average Bonchev–Trinajstić information content (AvgIpc) is 2.69. The van der Waals surface area contributed by atoms with Gasteiger partial charge in [-0.15, -0.1) is 23.4 Å². The number of aliphatic hydroxyl groups is 1. The third-order valence-electron chi connectivity index (χ3n) is 4.13. The van der Waals surface area contributed by atoms with Crippen LogP contribution in [0.3, 0.4) is 0 Å². The summed E-state index contributed by atoms with van der Waals surface area (Å²) in [7, 11) is 1.23. The summed E-state index contributed by atoms with van der Waals surface area (Å²) in [4.78, 5) is 42.4. The van der Waals surface area contributed by atoms with Crippen LogP contribution in [0.2, 0.25) is 0 Å². The molecule has 1 unspecified atom stereocenters. The Morgan fingerprint density at radius 1 is 1.38 bits per heavy atom. The predicted molar refractivity (Wildman–Crippen MR) is 103 cm³/mol. The van der Waals surface area contributed by atoms with Crippen LogP contribution in [0.4, 0.5) is 0 Å². The van der Waals surface area contributed by atoms with Gasteiger partial charge in [-0.25, -0.2) is 4.79 Å². The number of rotatable bonds is 10. The number of nitrogens with one attached hydrogen (secondary N) is 1. The van der Waals surface area contributed by atoms with Crippen LogP contribution in [-0.2, 0) is 28.7 Å². The molecule has 2 aliphatic rings. The Bertz CT molecular complexity index is 738. The van der Waals surface area contributed by atoms with Gasteiger partial charge in [0.25, 0.3) is 11.8 Å².